The Kier molecular flexibility index (Phi) is 3.31. The Bertz CT molecular complexity index is 387. The van der Waals surface area contributed by atoms with Crippen LogP contribution in [0, 0.1) is 0 Å². The fourth-order valence-corrected chi connectivity index (χ4v) is 2.74. The molecule has 16 heavy (non-hydrogen) atoms. The third-order valence-corrected chi connectivity index (χ3v) is 3.93. The molecule has 1 N–H and O–H groups in total. The van der Waals surface area contributed by atoms with Crippen LogP contribution in [0.1, 0.15) is 37.3 Å². The summed E-state index contributed by atoms with van der Waals surface area (Å²) in [5.74, 6) is 0. The van der Waals surface area contributed by atoms with Crippen molar-refractivity contribution in [3.8, 4) is 0 Å². The van der Waals surface area contributed by atoms with Crippen LogP contribution in [-0.2, 0) is 5.54 Å². The minimum Gasteiger partial charge on any atom is -0.308 e. The Morgan fingerprint density at radius 3 is 2.69 bits per heavy atom. The lowest BCUT2D eigenvalue weighted by Gasteiger charge is -2.25. The molecule has 0 aromatic heterocycles. The van der Waals surface area contributed by atoms with Crippen LogP contribution in [0.5, 0.6) is 0 Å². The van der Waals surface area contributed by atoms with Crippen LogP contribution < -0.4 is 5.32 Å². The molecule has 1 aliphatic heterocycles. The molecule has 2 rings (SSSR count). The van der Waals surface area contributed by atoms with Gasteiger partial charge in [0.1, 0.15) is 0 Å². The van der Waals surface area contributed by atoms with E-state index in [0.717, 1.165) is 24.9 Å². The van der Waals surface area contributed by atoms with Crippen molar-refractivity contribution in [2.45, 2.75) is 31.7 Å². The largest absolute Gasteiger partial charge is 0.308 e. The maximum Gasteiger partial charge on any atom is 0.264 e. The van der Waals surface area contributed by atoms with Crippen LogP contribution in [-0.4, -0.2) is 6.54 Å². The normalized spacial score (nSPS) is 25.3. The van der Waals surface area contributed by atoms with Crippen molar-refractivity contribution in [2.24, 2.45) is 0 Å². The van der Waals surface area contributed by atoms with E-state index in [1.807, 2.05) is 0 Å². The van der Waals surface area contributed by atoms with Gasteiger partial charge in [0.05, 0.1) is 0 Å². The molecule has 88 valence electrons. The first kappa shape index (κ1) is 12.0. The first-order valence-electron chi connectivity index (χ1n) is 5.36. The average Bonchev–Trinajstić information content (AvgIpc) is 2.66. The lowest BCUT2D eigenvalue weighted by atomic mass is 9.90. The molecular weight excluding hydrogens is 276 g/mol. The lowest BCUT2D eigenvalue weighted by molar-refractivity contribution is 0.150. The quantitative estimate of drug-likeness (QED) is 0.868. The van der Waals surface area contributed by atoms with Gasteiger partial charge in [-0.1, -0.05) is 28.1 Å². The molecule has 0 radical (unpaired) electrons. The minimum absolute atomic E-state index is 0.0605. The molecule has 1 atom stereocenters. The van der Waals surface area contributed by atoms with Crippen molar-refractivity contribution < 1.29 is 8.78 Å². The fraction of sp³-hybridized carbons (Fsp3) is 0.500. The Morgan fingerprint density at radius 2 is 2.19 bits per heavy atom. The molecule has 1 saturated heterocycles. The van der Waals surface area contributed by atoms with Gasteiger partial charge in [-0.2, -0.15) is 0 Å². The van der Waals surface area contributed by atoms with Crippen LogP contribution in [0.15, 0.2) is 22.7 Å². The zero-order valence-corrected chi connectivity index (χ0v) is 10.7. The van der Waals surface area contributed by atoms with E-state index in [4.69, 9.17) is 0 Å². The second-order valence-corrected chi connectivity index (χ2v) is 5.25. The average molecular weight is 290 g/mol. The highest BCUT2D eigenvalue weighted by Crippen LogP contribution is 2.35. The van der Waals surface area contributed by atoms with E-state index < -0.39 is 6.43 Å². The summed E-state index contributed by atoms with van der Waals surface area (Å²) in [7, 11) is 0. The van der Waals surface area contributed by atoms with Crippen molar-refractivity contribution in [3.63, 3.8) is 0 Å². The molecule has 0 amide bonds. The number of hydrogen-bond donors (Lipinski definition) is 1. The first-order valence-corrected chi connectivity index (χ1v) is 6.15. The predicted molar refractivity (Wildman–Crippen MR) is 63.7 cm³/mol. The van der Waals surface area contributed by atoms with Gasteiger partial charge in [0.2, 0.25) is 0 Å². The van der Waals surface area contributed by atoms with Gasteiger partial charge < -0.3 is 5.32 Å². The van der Waals surface area contributed by atoms with Gasteiger partial charge >= 0.3 is 0 Å². The lowest BCUT2D eigenvalue weighted by Crippen LogP contribution is -2.33. The van der Waals surface area contributed by atoms with Crippen LogP contribution in [0.4, 0.5) is 8.78 Å². The Hall–Kier alpha value is -0.480. The second-order valence-electron chi connectivity index (χ2n) is 4.40. The number of hydrogen-bond acceptors (Lipinski definition) is 1. The van der Waals surface area contributed by atoms with E-state index in [2.05, 4.69) is 28.2 Å². The van der Waals surface area contributed by atoms with Gasteiger partial charge in [0, 0.05) is 15.6 Å². The van der Waals surface area contributed by atoms with Crippen molar-refractivity contribution >= 4 is 15.9 Å². The molecule has 1 aromatic carbocycles. The summed E-state index contributed by atoms with van der Waals surface area (Å²) in [6, 6.07) is 5.11. The number of alkyl halides is 2. The Morgan fingerprint density at radius 1 is 1.44 bits per heavy atom. The van der Waals surface area contributed by atoms with E-state index in [9.17, 15) is 8.78 Å². The van der Waals surface area contributed by atoms with Gasteiger partial charge in [0.25, 0.3) is 6.43 Å². The fourth-order valence-electron chi connectivity index (χ4n) is 2.19. The highest BCUT2D eigenvalue weighted by molar-refractivity contribution is 9.10. The number of halogens is 3. The van der Waals surface area contributed by atoms with Crippen molar-refractivity contribution in [2.75, 3.05) is 6.54 Å². The molecule has 0 spiro atoms. The van der Waals surface area contributed by atoms with Gasteiger partial charge in [-0.25, -0.2) is 8.78 Å². The summed E-state index contributed by atoms with van der Waals surface area (Å²) < 4.78 is 25.7. The molecule has 1 fully saturated rings. The molecule has 1 aromatic rings. The zero-order chi connectivity index (χ0) is 11.8. The van der Waals surface area contributed by atoms with Crippen molar-refractivity contribution in [3.05, 3.63) is 33.8 Å². The number of benzene rings is 1. The highest BCUT2D eigenvalue weighted by Gasteiger charge is 2.30. The molecule has 0 bridgehead atoms. The van der Waals surface area contributed by atoms with Crippen LogP contribution in [0.2, 0.25) is 0 Å². The van der Waals surface area contributed by atoms with Gasteiger partial charge in [-0.05, 0) is 37.9 Å². The summed E-state index contributed by atoms with van der Waals surface area (Å²) >= 11 is 3.21. The standard InChI is InChI=1S/C12H14BrF2N/c1-12(5-2-6-16-12)8-3-4-9(11(14)15)10(13)7-8/h3-4,7,11,16H,2,5-6H2,1H3. The summed E-state index contributed by atoms with van der Waals surface area (Å²) in [4.78, 5) is 0. The van der Waals surface area contributed by atoms with Crippen LogP contribution >= 0.6 is 15.9 Å². The van der Waals surface area contributed by atoms with Gasteiger partial charge in [-0.15, -0.1) is 0 Å². The topological polar surface area (TPSA) is 12.0 Å². The summed E-state index contributed by atoms with van der Waals surface area (Å²) in [6.07, 6.45) is -0.245. The van der Waals surface area contributed by atoms with E-state index in [1.54, 1.807) is 12.1 Å². The monoisotopic (exact) mass is 289 g/mol. The Labute approximate surface area is 102 Å². The van der Waals surface area contributed by atoms with Crippen molar-refractivity contribution in [1.82, 2.24) is 5.32 Å². The predicted octanol–water partition coefficient (Wildman–Crippen LogP) is 3.99. The number of rotatable bonds is 2. The summed E-state index contributed by atoms with van der Waals surface area (Å²) in [5.41, 5.74) is 1.06. The molecule has 0 aliphatic carbocycles. The van der Waals surface area contributed by atoms with Gasteiger partial charge in [0.15, 0.2) is 0 Å². The van der Waals surface area contributed by atoms with Gasteiger partial charge in [-0.3, -0.25) is 0 Å². The van der Waals surface area contributed by atoms with E-state index in [-0.39, 0.29) is 11.1 Å². The van der Waals surface area contributed by atoms with Crippen molar-refractivity contribution in [1.29, 1.82) is 0 Å². The van der Waals surface area contributed by atoms with Crippen LogP contribution in [0.3, 0.4) is 0 Å². The Balaban J connectivity index is 2.34. The minimum atomic E-state index is -2.42. The first-order chi connectivity index (χ1) is 7.53. The number of nitrogens with one attached hydrogen (secondary N) is 1. The molecule has 0 saturated carbocycles. The smallest absolute Gasteiger partial charge is 0.264 e. The second kappa shape index (κ2) is 4.41. The molecule has 4 heteroatoms. The molecular formula is C12H14BrF2N. The molecule has 1 aliphatic rings. The molecule has 1 heterocycles. The van der Waals surface area contributed by atoms with E-state index in [0.29, 0.717) is 4.47 Å². The third-order valence-electron chi connectivity index (χ3n) is 3.24. The van der Waals surface area contributed by atoms with Crippen LogP contribution in [0.25, 0.3) is 0 Å². The SMILES string of the molecule is CC1(c2ccc(C(F)F)c(Br)c2)CCCN1. The zero-order valence-electron chi connectivity index (χ0n) is 9.06. The summed E-state index contributed by atoms with van der Waals surface area (Å²) in [5, 5.41) is 3.42. The molecule has 1 nitrogen and oxygen atoms in total. The summed E-state index contributed by atoms with van der Waals surface area (Å²) in [6.45, 7) is 3.11. The van der Waals surface area contributed by atoms with E-state index in [1.165, 1.54) is 6.07 Å². The third kappa shape index (κ3) is 2.13. The highest BCUT2D eigenvalue weighted by atomic mass is 79.9. The maximum absolute atomic E-state index is 12.6. The maximum atomic E-state index is 12.6. The van der Waals surface area contributed by atoms with E-state index >= 15 is 0 Å². The molecule has 1 unspecified atom stereocenters.